The first-order chi connectivity index (χ1) is 8.15. The van der Waals surface area contributed by atoms with E-state index in [1.54, 1.807) is 0 Å². The molecular formula is C14H24NO2+. The molecule has 0 aromatic carbocycles. The fraction of sp³-hybridized carbons (Fsp3) is 0.786. The number of esters is 1. The lowest BCUT2D eigenvalue weighted by atomic mass is 9.82. The van der Waals surface area contributed by atoms with E-state index in [9.17, 15) is 4.79 Å². The summed E-state index contributed by atoms with van der Waals surface area (Å²) in [6.07, 6.45) is 7.73. The van der Waals surface area contributed by atoms with Crippen LogP contribution in [0.5, 0.6) is 0 Å². The molecule has 3 heteroatoms. The summed E-state index contributed by atoms with van der Waals surface area (Å²) in [6, 6.07) is 0.704. The van der Waals surface area contributed by atoms with Gasteiger partial charge in [0.1, 0.15) is 6.61 Å². The maximum Gasteiger partial charge on any atom is 0.330 e. The van der Waals surface area contributed by atoms with Crippen molar-refractivity contribution in [2.75, 3.05) is 26.7 Å². The standard InChI is InChI=1S/C14H24NO2/c1-3-14(16)17-11-12-7-6-10-15(2)9-5-4-8-13(12)15/h3,12-13H,1,4-11H2,2H3/q+1/t12-,13+,15+/m0/s1. The number of carbonyl (C=O) groups excluding carboxylic acids is 1. The molecule has 0 aromatic rings. The third-order valence-corrected chi connectivity index (χ3v) is 4.61. The normalized spacial score (nSPS) is 37.0. The zero-order valence-electron chi connectivity index (χ0n) is 10.9. The smallest absolute Gasteiger partial charge is 0.330 e. The van der Waals surface area contributed by atoms with Gasteiger partial charge in [-0.2, -0.15) is 0 Å². The molecule has 0 aromatic heterocycles. The SMILES string of the molecule is C=CC(=O)OC[C@@H]1CCC[N@@+]2(C)CCCC[C@H]12. The Labute approximate surface area is 104 Å². The molecule has 2 aliphatic rings. The predicted octanol–water partition coefficient (Wildman–Crippen LogP) is 2.12. The van der Waals surface area contributed by atoms with Gasteiger partial charge >= 0.3 is 5.97 Å². The highest BCUT2D eigenvalue weighted by Crippen LogP contribution is 2.36. The average molecular weight is 238 g/mol. The van der Waals surface area contributed by atoms with E-state index >= 15 is 0 Å². The third kappa shape index (κ3) is 2.71. The molecule has 2 fully saturated rings. The first-order valence-electron chi connectivity index (χ1n) is 6.79. The van der Waals surface area contributed by atoms with Gasteiger partial charge in [0.2, 0.25) is 0 Å². The molecule has 2 rings (SSSR count). The summed E-state index contributed by atoms with van der Waals surface area (Å²) in [5, 5.41) is 0. The van der Waals surface area contributed by atoms with E-state index in [1.165, 1.54) is 55.8 Å². The summed E-state index contributed by atoms with van der Waals surface area (Å²) in [5.41, 5.74) is 0. The molecule has 3 atom stereocenters. The maximum atomic E-state index is 11.1. The van der Waals surface area contributed by atoms with Gasteiger partial charge in [0.15, 0.2) is 0 Å². The molecule has 0 saturated carbocycles. The van der Waals surface area contributed by atoms with Crippen LogP contribution in [0.3, 0.4) is 0 Å². The van der Waals surface area contributed by atoms with Crippen LogP contribution in [0.25, 0.3) is 0 Å². The van der Waals surface area contributed by atoms with Gasteiger partial charge in [0.25, 0.3) is 0 Å². The second-order valence-corrected chi connectivity index (χ2v) is 5.73. The number of rotatable bonds is 3. The molecule has 0 aliphatic carbocycles. The topological polar surface area (TPSA) is 26.3 Å². The van der Waals surface area contributed by atoms with E-state index in [2.05, 4.69) is 13.6 Å². The van der Waals surface area contributed by atoms with Gasteiger partial charge in [-0.15, -0.1) is 0 Å². The lowest BCUT2D eigenvalue weighted by Gasteiger charge is -2.51. The van der Waals surface area contributed by atoms with Crippen molar-refractivity contribution in [1.82, 2.24) is 0 Å². The van der Waals surface area contributed by atoms with E-state index in [1.807, 2.05) is 0 Å². The maximum absolute atomic E-state index is 11.1. The number of hydrogen-bond donors (Lipinski definition) is 0. The van der Waals surface area contributed by atoms with Gasteiger partial charge in [0.05, 0.1) is 26.2 Å². The van der Waals surface area contributed by atoms with Crippen LogP contribution in [0, 0.1) is 5.92 Å². The molecule has 0 amide bonds. The van der Waals surface area contributed by atoms with Gasteiger partial charge in [0, 0.05) is 18.4 Å². The summed E-state index contributed by atoms with van der Waals surface area (Å²) >= 11 is 0. The monoisotopic (exact) mass is 238 g/mol. The number of quaternary nitrogens is 1. The molecule has 3 nitrogen and oxygen atoms in total. The fourth-order valence-electron chi connectivity index (χ4n) is 3.68. The number of carbonyl (C=O) groups is 1. The highest BCUT2D eigenvalue weighted by molar-refractivity contribution is 5.81. The Balaban J connectivity index is 1.96. The summed E-state index contributed by atoms with van der Waals surface area (Å²) < 4.78 is 6.46. The molecule has 0 radical (unpaired) electrons. The molecule has 96 valence electrons. The highest BCUT2D eigenvalue weighted by Gasteiger charge is 2.43. The average Bonchev–Trinajstić information content (AvgIpc) is 2.34. The number of ether oxygens (including phenoxy) is 1. The van der Waals surface area contributed by atoms with Gasteiger partial charge in [-0.3, -0.25) is 0 Å². The van der Waals surface area contributed by atoms with Crippen molar-refractivity contribution in [3.05, 3.63) is 12.7 Å². The second-order valence-electron chi connectivity index (χ2n) is 5.73. The van der Waals surface area contributed by atoms with Crippen LogP contribution in [-0.2, 0) is 9.53 Å². The summed E-state index contributed by atoms with van der Waals surface area (Å²) in [6.45, 7) is 6.63. The van der Waals surface area contributed by atoms with Gasteiger partial charge in [-0.1, -0.05) is 6.58 Å². The van der Waals surface area contributed by atoms with Gasteiger partial charge < -0.3 is 9.22 Å². The van der Waals surface area contributed by atoms with Crippen molar-refractivity contribution in [2.24, 2.45) is 5.92 Å². The van der Waals surface area contributed by atoms with E-state index < -0.39 is 0 Å². The quantitative estimate of drug-likeness (QED) is 0.428. The van der Waals surface area contributed by atoms with Crippen LogP contribution in [0.15, 0.2) is 12.7 Å². The number of fused-ring (bicyclic) bond motifs is 1. The van der Waals surface area contributed by atoms with Crippen molar-refractivity contribution in [3.8, 4) is 0 Å². The van der Waals surface area contributed by atoms with E-state index in [4.69, 9.17) is 4.74 Å². The lowest BCUT2D eigenvalue weighted by molar-refractivity contribution is -0.947. The van der Waals surface area contributed by atoms with Crippen LogP contribution < -0.4 is 0 Å². The zero-order valence-corrected chi connectivity index (χ0v) is 10.9. The van der Waals surface area contributed by atoms with Crippen LogP contribution >= 0.6 is 0 Å². The Morgan fingerprint density at radius 2 is 2.12 bits per heavy atom. The molecule has 0 N–H and O–H groups in total. The van der Waals surface area contributed by atoms with Crippen molar-refractivity contribution in [3.63, 3.8) is 0 Å². The molecule has 17 heavy (non-hydrogen) atoms. The fourth-order valence-corrected chi connectivity index (χ4v) is 3.68. The first kappa shape index (κ1) is 12.6. The third-order valence-electron chi connectivity index (χ3n) is 4.61. The Bertz CT molecular complexity index is 299. The van der Waals surface area contributed by atoms with Gasteiger partial charge in [-0.05, 0) is 25.7 Å². The van der Waals surface area contributed by atoms with Crippen LogP contribution in [-0.4, -0.2) is 43.2 Å². The minimum absolute atomic E-state index is 0.277. The zero-order chi connectivity index (χ0) is 12.3. The first-order valence-corrected chi connectivity index (χ1v) is 6.79. The van der Waals surface area contributed by atoms with Crippen LogP contribution in [0.1, 0.15) is 32.1 Å². The van der Waals surface area contributed by atoms with Crippen LogP contribution in [0.4, 0.5) is 0 Å². The molecule has 2 heterocycles. The summed E-state index contributed by atoms with van der Waals surface area (Å²) in [5.74, 6) is 0.276. The highest BCUT2D eigenvalue weighted by atomic mass is 16.5. The van der Waals surface area contributed by atoms with E-state index in [0.717, 1.165) is 0 Å². The number of piperidine rings is 2. The molecule has 2 aliphatic heterocycles. The molecular weight excluding hydrogens is 214 g/mol. The minimum Gasteiger partial charge on any atom is -0.462 e. The van der Waals surface area contributed by atoms with Gasteiger partial charge in [-0.25, -0.2) is 4.79 Å². The van der Waals surface area contributed by atoms with Crippen molar-refractivity contribution in [1.29, 1.82) is 0 Å². The Hall–Kier alpha value is -0.830. The van der Waals surface area contributed by atoms with Crippen LogP contribution in [0.2, 0.25) is 0 Å². The largest absolute Gasteiger partial charge is 0.462 e. The molecule has 0 unspecified atom stereocenters. The lowest BCUT2D eigenvalue weighted by Crippen LogP contribution is -2.61. The second kappa shape index (κ2) is 5.21. The summed E-state index contributed by atoms with van der Waals surface area (Å²) in [4.78, 5) is 11.1. The Kier molecular flexibility index (Phi) is 3.87. The Morgan fingerprint density at radius 3 is 2.88 bits per heavy atom. The molecule has 0 bridgehead atoms. The molecule has 0 spiro atoms. The van der Waals surface area contributed by atoms with Crippen molar-refractivity contribution < 1.29 is 14.0 Å². The predicted molar refractivity (Wildman–Crippen MR) is 67.4 cm³/mol. The van der Waals surface area contributed by atoms with Crippen molar-refractivity contribution >= 4 is 5.97 Å². The number of hydrogen-bond acceptors (Lipinski definition) is 2. The Morgan fingerprint density at radius 1 is 1.35 bits per heavy atom. The minimum atomic E-state index is -0.277. The molecule has 2 saturated heterocycles. The van der Waals surface area contributed by atoms with E-state index in [-0.39, 0.29) is 5.97 Å². The number of nitrogens with zero attached hydrogens (tertiary/aromatic N) is 1. The van der Waals surface area contributed by atoms with Crippen molar-refractivity contribution in [2.45, 2.75) is 38.1 Å². The summed E-state index contributed by atoms with van der Waals surface area (Å²) in [7, 11) is 2.38. The van der Waals surface area contributed by atoms with E-state index in [0.29, 0.717) is 18.6 Å².